The number of benzene rings is 1. The van der Waals surface area contributed by atoms with Gasteiger partial charge in [-0.1, -0.05) is 20.3 Å². The summed E-state index contributed by atoms with van der Waals surface area (Å²) >= 11 is 0. The summed E-state index contributed by atoms with van der Waals surface area (Å²) < 4.78 is 22.8. The highest BCUT2D eigenvalue weighted by atomic mass is 32.2. The first kappa shape index (κ1) is 16.8. The Morgan fingerprint density at radius 1 is 1.30 bits per heavy atom. The van der Waals surface area contributed by atoms with Gasteiger partial charge in [0.05, 0.1) is 5.69 Å². The van der Waals surface area contributed by atoms with Gasteiger partial charge in [0.25, 0.3) is 0 Å². The lowest BCUT2D eigenvalue weighted by atomic mass is 10.1. The van der Waals surface area contributed by atoms with Gasteiger partial charge in [0.2, 0.25) is 10.0 Å². The Labute approximate surface area is 122 Å². The second-order valence-corrected chi connectivity index (χ2v) is 6.60. The van der Waals surface area contributed by atoms with Crippen LogP contribution < -0.4 is 15.8 Å². The average Bonchev–Trinajstić information content (AvgIpc) is 2.37. The van der Waals surface area contributed by atoms with Gasteiger partial charge in [-0.05, 0) is 38.0 Å². The van der Waals surface area contributed by atoms with Crippen LogP contribution in [0.2, 0.25) is 0 Å². The zero-order valence-corrected chi connectivity index (χ0v) is 13.3. The van der Waals surface area contributed by atoms with Crippen molar-refractivity contribution >= 4 is 21.4 Å². The van der Waals surface area contributed by atoms with Crippen molar-refractivity contribution in [2.24, 2.45) is 5.14 Å². The SMILES string of the molecule is CCCCN(c1ccc(S(N)(=O)=O)c(N)c1)C(C)CC. The van der Waals surface area contributed by atoms with E-state index in [0.29, 0.717) is 6.04 Å². The second kappa shape index (κ2) is 6.95. The topological polar surface area (TPSA) is 89.4 Å². The molecule has 6 heteroatoms. The summed E-state index contributed by atoms with van der Waals surface area (Å²) in [6.07, 6.45) is 3.21. The van der Waals surface area contributed by atoms with E-state index in [1.165, 1.54) is 6.07 Å². The summed E-state index contributed by atoms with van der Waals surface area (Å²) in [4.78, 5) is 2.24. The molecule has 1 unspecified atom stereocenters. The minimum atomic E-state index is -3.76. The third kappa shape index (κ3) is 4.11. The maximum atomic E-state index is 11.4. The molecule has 1 rings (SSSR count). The summed E-state index contributed by atoms with van der Waals surface area (Å²) in [5.74, 6) is 0. The molecule has 0 spiro atoms. The van der Waals surface area contributed by atoms with Crippen molar-refractivity contribution in [3.63, 3.8) is 0 Å². The number of primary sulfonamides is 1. The van der Waals surface area contributed by atoms with Crippen LogP contribution in [0.1, 0.15) is 40.0 Å². The van der Waals surface area contributed by atoms with Gasteiger partial charge in [0.15, 0.2) is 0 Å². The van der Waals surface area contributed by atoms with Crippen molar-refractivity contribution < 1.29 is 8.42 Å². The molecule has 0 saturated carbocycles. The first-order chi connectivity index (χ1) is 9.31. The molecule has 0 bridgehead atoms. The van der Waals surface area contributed by atoms with Crippen molar-refractivity contribution in [3.05, 3.63) is 18.2 Å². The number of unbranched alkanes of at least 4 members (excludes halogenated alkanes) is 1. The van der Waals surface area contributed by atoms with E-state index in [9.17, 15) is 8.42 Å². The molecule has 1 aromatic rings. The molecule has 0 aliphatic heterocycles. The fourth-order valence-corrected chi connectivity index (χ4v) is 2.77. The highest BCUT2D eigenvalue weighted by Gasteiger charge is 2.17. The number of nitrogen functional groups attached to an aromatic ring is 1. The number of sulfonamides is 1. The predicted molar refractivity (Wildman–Crippen MR) is 84.2 cm³/mol. The van der Waals surface area contributed by atoms with Crippen LogP contribution in [0.5, 0.6) is 0 Å². The normalized spacial score (nSPS) is 13.2. The third-order valence-corrected chi connectivity index (χ3v) is 4.49. The van der Waals surface area contributed by atoms with Gasteiger partial charge in [-0.15, -0.1) is 0 Å². The Morgan fingerprint density at radius 3 is 2.40 bits per heavy atom. The summed E-state index contributed by atoms with van der Waals surface area (Å²) in [6.45, 7) is 7.36. The Balaban J connectivity index is 3.12. The number of rotatable bonds is 7. The van der Waals surface area contributed by atoms with E-state index >= 15 is 0 Å². The van der Waals surface area contributed by atoms with Crippen LogP contribution in [0.3, 0.4) is 0 Å². The van der Waals surface area contributed by atoms with Crippen LogP contribution in [0.4, 0.5) is 11.4 Å². The first-order valence-electron chi connectivity index (χ1n) is 7.00. The molecule has 114 valence electrons. The van der Waals surface area contributed by atoms with Crippen LogP contribution >= 0.6 is 0 Å². The van der Waals surface area contributed by atoms with Gasteiger partial charge in [-0.25, -0.2) is 13.6 Å². The van der Waals surface area contributed by atoms with Gasteiger partial charge in [-0.2, -0.15) is 0 Å². The fourth-order valence-electron chi connectivity index (χ4n) is 2.13. The number of hydrogen-bond donors (Lipinski definition) is 2. The third-order valence-electron chi connectivity index (χ3n) is 3.51. The molecule has 1 atom stereocenters. The molecule has 0 amide bonds. The maximum Gasteiger partial charge on any atom is 0.240 e. The number of nitrogens with two attached hydrogens (primary N) is 2. The molecule has 0 saturated heterocycles. The molecule has 20 heavy (non-hydrogen) atoms. The predicted octanol–water partition coefficient (Wildman–Crippen LogP) is 2.32. The highest BCUT2D eigenvalue weighted by Crippen LogP contribution is 2.26. The molecule has 0 aliphatic rings. The van der Waals surface area contributed by atoms with Gasteiger partial charge in [0.1, 0.15) is 4.90 Å². The van der Waals surface area contributed by atoms with E-state index in [4.69, 9.17) is 10.9 Å². The van der Waals surface area contributed by atoms with Crippen LogP contribution in [0, 0.1) is 0 Å². The zero-order chi connectivity index (χ0) is 15.3. The lowest BCUT2D eigenvalue weighted by Gasteiger charge is -2.31. The Kier molecular flexibility index (Phi) is 5.83. The minimum Gasteiger partial charge on any atom is -0.398 e. The Hall–Kier alpha value is -1.27. The Morgan fingerprint density at radius 2 is 1.95 bits per heavy atom. The monoisotopic (exact) mass is 299 g/mol. The number of nitrogens with zero attached hydrogens (tertiary/aromatic N) is 1. The van der Waals surface area contributed by atoms with E-state index in [0.717, 1.165) is 31.5 Å². The van der Waals surface area contributed by atoms with E-state index in [2.05, 4.69) is 25.7 Å². The highest BCUT2D eigenvalue weighted by molar-refractivity contribution is 7.89. The molecule has 0 fully saturated rings. The zero-order valence-electron chi connectivity index (χ0n) is 12.5. The molecule has 1 aromatic carbocycles. The second-order valence-electron chi connectivity index (χ2n) is 5.07. The van der Waals surface area contributed by atoms with Crippen molar-refractivity contribution in [1.29, 1.82) is 0 Å². The van der Waals surface area contributed by atoms with E-state index in [1.54, 1.807) is 12.1 Å². The minimum absolute atomic E-state index is 0.0131. The van der Waals surface area contributed by atoms with Crippen molar-refractivity contribution in [2.75, 3.05) is 17.2 Å². The van der Waals surface area contributed by atoms with Gasteiger partial charge in [0, 0.05) is 18.3 Å². The van der Waals surface area contributed by atoms with Crippen LogP contribution in [-0.4, -0.2) is 21.0 Å². The smallest absolute Gasteiger partial charge is 0.240 e. The summed E-state index contributed by atoms with van der Waals surface area (Å²) in [5, 5.41) is 5.13. The molecule has 0 aliphatic carbocycles. The molecule has 0 radical (unpaired) electrons. The largest absolute Gasteiger partial charge is 0.398 e. The van der Waals surface area contributed by atoms with Crippen molar-refractivity contribution in [3.8, 4) is 0 Å². The van der Waals surface area contributed by atoms with Gasteiger partial charge in [-0.3, -0.25) is 0 Å². The number of anilines is 2. The summed E-state index contributed by atoms with van der Waals surface area (Å²) in [6, 6.07) is 5.34. The van der Waals surface area contributed by atoms with Crippen molar-refractivity contribution in [2.45, 2.75) is 51.0 Å². The van der Waals surface area contributed by atoms with Crippen LogP contribution in [0.25, 0.3) is 0 Å². The quantitative estimate of drug-likeness (QED) is 0.756. The molecule has 0 aromatic heterocycles. The van der Waals surface area contributed by atoms with Gasteiger partial charge < -0.3 is 10.6 Å². The van der Waals surface area contributed by atoms with Crippen LogP contribution in [-0.2, 0) is 10.0 Å². The molecule has 4 N–H and O–H groups in total. The molecular formula is C14H25N3O2S. The maximum absolute atomic E-state index is 11.4. The molecular weight excluding hydrogens is 274 g/mol. The van der Waals surface area contributed by atoms with Gasteiger partial charge >= 0.3 is 0 Å². The number of hydrogen-bond acceptors (Lipinski definition) is 4. The average molecular weight is 299 g/mol. The standard InChI is InChI=1S/C14H25N3O2S/c1-4-6-9-17(11(3)5-2)12-7-8-14(13(15)10-12)20(16,18)19/h7-8,10-11H,4-6,9,15H2,1-3H3,(H2,16,18,19). The fraction of sp³-hybridized carbons (Fsp3) is 0.571. The first-order valence-corrected chi connectivity index (χ1v) is 8.54. The van der Waals surface area contributed by atoms with Crippen LogP contribution in [0.15, 0.2) is 23.1 Å². The summed E-state index contributed by atoms with van der Waals surface area (Å²) in [5.41, 5.74) is 6.98. The van der Waals surface area contributed by atoms with E-state index in [1.807, 2.05) is 0 Å². The Bertz CT molecular complexity index is 543. The lowest BCUT2D eigenvalue weighted by molar-refractivity contribution is 0.594. The molecule has 0 heterocycles. The van der Waals surface area contributed by atoms with E-state index in [-0.39, 0.29) is 10.6 Å². The lowest BCUT2D eigenvalue weighted by Crippen LogP contribution is -2.33. The molecule has 5 nitrogen and oxygen atoms in total. The van der Waals surface area contributed by atoms with Crippen molar-refractivity contribution in [1.82, 2.24) is 0 Å². The van der Waals surface area contributed by atoms with E-state index < -0.39 is 10.0 Å². The summed E-state index contributed by atoms with van der Waals surface area (Å²) in [7, 11) is -3.76.